The third-order valence-electron chi connectivity index (χ3n) is 4.89. The number of rotatable bonds is 7. The SMILES string of the molecule is CCCCCNCCN1CCCC2CCCCC21. The van der Waals surface area contributed by atoms with Crippen LogP contribution >= 0.6 is 0 Å². The molecule has 0 radical (unpaired) electrons. The first-order valence-corrected chi connectivity index (χ1v) is 8.36. The zero-order chi connectivity index (χ0) is 12.6. The Bertz CT molecular complexity index is 215. The topological polar surface area (TPSA) is 15.3 Å². The van der Waals surface area contributed by atoms with Gasteiger partial charge in [0.2, 0.25) is 0 Å². The van der Waals surface area contributed by atoms with E-state index >= 15 is 0 Å². The third kappa shape index (κ3) is 4.24. The number of likely N-dealkylation sites (tertiary alicyclic amines) is 1. The minimum Gasteiger partial charge on any atom is -0.315 e. The highest BCUT2D eigenvalue weighted by molar-refractivity contribution is 4.87. The van der Waals surface area contributed by atoms with Crippen molar-refractivity contribution in [1.29, 1.82) is 0 Å². The summed E-state index contributed by atoms with van der Waals surface area (Å²) in [5, 5.41) is 3.62. The average molecular weight is 252 g/mol. The number of unbranched alkanes of at least 4 members (excludes halogenated alkanes) is 2. The zero-order valence-electron chi connectivity index (χ0n) is 12.3. The molecule has 1 aliphatic carbocycles. The van der Waals surface area contributed by atoms with Gasteiger partial charge in [0, 0.05) is 19.1 Å². The molecule has 2 heteroatoms. The van der Waals surface area contributed by atoms with E-state index in [1.807, 2.05) is 0 Å². The molecule has 1 heterocycles. The molecule has 2 fully saturated rings. The van der Waals surface area contributed by atoms with E-state index in [0.717, 1.165) is 12.0 Å². The van der Waals surface area contributed by atoms with E-state index in [1.165, 1.54) is 84.0 Å². The van der Waals surface area contributed by atoms with Crippen LogP contribution in [0.3, 0.4) is 0 Å². The molecule has 0 spiro atoms. The van der Waals surface area contributed by atoms with Crippen LogP contribution in [-0.2, 0) is 0 Å². The summed E-state index contributed by atoms with van der Waals surface area (Å²) in [6.07, 6.45) is 12.9. The Hall–Kier alpha value is -0.0800. The van der Waals surface area contributed by atoms with Crippen LogP contribution in [0.4, 0.5) is 0 Å². The average Bonchev–Trinajstić information content (AvgIpc) is 2.43. The number of piperidine rings is 1. The molecular formula is C16H32N2. The lowest BCUT2D eigenvalue weighted by atomic mass is 9.78. The molecule has 1 aliphatic heterocycles. The van der Waals surface area contributed by atoms with Gasteiger partial charge in [-0.25, -0.2) is 0 Å². The Morgan fingerprint density at radius 3 is 2.72 bits per heavy atom. The van der Waals surface area contributed by atoms with E-state index in [4.69, 9.17) is 0 Å². The molecular weight excluding hydrogens is 220 g/mol. The quantitative estimate of drug-likeness (QED) is 0.698. The molecule has 18 heavy (non-hydrogen) atoms. The maximum atomic E-state index is 3.62. The smallest absolute Gasteiger partial charge is 0.0124 e. The van der Waals surface area contributed by atoms with E-state index < -0.39 is 0 Å². The van der Waals surface area contributed by atoms with Crippen LogP contribution in [0.1, 0.15) is 64.7 Å². The number of nitrogens with zero attached hydrogens (tertiary/aromatic N) is 1. The summed E-state index contributed by atoms with van der Waals surface area (Å²) in [6.45, 7) is 7.34. The maximum absolute atomic E-state index is 3.62. The molecule has 106 valence electrons. The van der Waals surface area contributed by atoms with Gasteiger partial charge in [-0.2, -0.15) is 0 Å². The number of hydrogen-bond donors (Lipinski definition) is 1. The molecule has 0 aromatic carbocycles. The Morgan fingerprint density at radius 1 is 1.00 bits per heavy atom. The lowest BCUT2D eigenvalue weighted by molar-refractivity contribution is 0.0619. The Kier molecular flexibility index (Phi) is 6.50. The fourth-order valence-corrected chi connectivity index (χ4v) is 3.85. The standard InChI is InChI=1S/C16H32N2/c1-2-3-6-11-17-12-14-18-13-7-9-15-8-4-5-10-16(15)18/h15-17H,2-14H2,1H3. The molecule has 1 saturated carbocycles. The summed E-state index contributed by atoms with van der Waals surface area (Å²) < 4.78 is 0. The number of hydrogen-bond acceptors (Lipinski definition) is 2. The fourth-order valence-electron chi connectivity index (χ4n) is 3.85. The minimum absolute atomic E-state index is 0.935. The first-order chi connectivity index (χ1) is 8.92. The summed E-state index contributed by atoms with van der Waals surface area (Å²) in [5.74, 6) is 1.03. The van der Waals surface area contributed by atoms with Gasteiger partial charge in [-0.15, -0.1) is 0 Å². The second kappa shape index (κ2) is 8.16. The first-order valence-electron chi connectivity index (χ1n) is 8.36. The summed E-state index contributed by atoms with van der Waals surface area (Å²) in [4.78, 5) is 2.79. The van der Waals surface area contributed by atoms with Crippen LogP contribution in [0.15, 0.2) is 0 Å². The van der Waals surface area contributed by atoms with Crippen LogP contribution in [0.25, 0.3) is 0 Å². The molecule has 2 unspecified atom stereocenters. The number of fused-ring (bicyclic) bond motifs is 1. The van der Waals surface area contributed by atoms with Crippen molar-refractivity contribution in [1.82, 2.24) is 10.2 Å². The zero-order valence-corrected chi connectivity index (χ0v) is 12.3. The summed E-state index contributed by atoms with van der Waals surface area (Å²) >= 11 is 0. The third-order valence-corrected chi connectivity index (χ3v) is 4.89. The van der Waals surface area contributed by atoms with Crippen LogP contribution < -0.4 is 5.32 Å². The Labute approximate surface area is 114 Å². The van der Waals surface area contributed by atoms with Crippen LogP contribution in [0.5, 0.6) is 0 Å². The van der Waals surface area contributed by atoms with E-state index in [9.17, 15) is 0 Å². The van der Waals surface area contributed by atoms with E-state index in [1.54, 1.807) is 0 Å². The Balaban J connectivity index is 1.62. The molecule has 0 aromatic rings. The van der Waals surface area contributed by atoms with Crippen LogP contribution in [-0.4, -0.2) is 37.1 Å². The highest BCUT2D eigenvalue weighted by atomic mass is 15.2. The van der Waals surface area contributed by atoms with Crippen molar-refractivity contribution in [2.45, 2.75) is 70.8 Å². The lowest BCUT2D eigenvalue weighted by Crippen LogP contribution is -2.48. The molecule has 2 atom stereocenters. The van der Waals surface area contributed by atoms with Crippen molar-refractivity contribution >= 4 is 0 Å². The van der Waals surface area contributed by atoms with Gasteiger partial charge in [0.05, 0.1) is 0 Å². The predicted octanol–water partition coefficient (Wildman–Crippen LogP) is 3.42. The van der Waals surface area contributed by atoms with E-state index in [0.29, 0.717) is 0 Å². The van der Waals surface area contributed by atoms with Gasteiger partial charge < -0.3 is 5.32 Å². The van der Waals surface area contributed by atoms with Crippen molar-refractivity contribution in [3.8, 4) is 0 Å². The van der Waals surface area contributed by atoms with Crippen molar-refractivity contribution in [2.75, 3.05) is 26.2 Å². The van der Waals surface area contributed by atoms with Crippen LogP contribution in [0, 0.1) is 5.92 Å². The number of nitrogens with one attached hydrogen (secondary N) is 1. The molecule has 2 rings (SSSR count). The van der Waals surface area contributed by atoms with Gasteiger partial charge in [-0.05, 0) is 51.1 Å². The van der Waals surface area contributed by atoms with Gasteiger partial charge >= 0.3 is 0 Å². The van der Waals surface area contributed by atoms with Gasteiger partial charge in [0.25, 0.3) is 0 Å². The Morgan fingerprint density at radius 2 is 1.83 bits per heavy atom. The normalized spacial score (nSPS) is 29.2. The van der Waals surface area contributed by atoms with Gasteiger partial charge in [0.1, 0.15) is 0 Å². The molecule has 0 amide bonds. The molecule has 2 aliphatic rings. The molecule has 1 saturated heterocycles. The van der Waals surface area contributed by atoms with E-state index in [-0.39, 0.29) is 0 Å². The summed E-state index contributed by atoms with van der Waals surface area (Å²) in [7, 11) is 0. The molecule has 0 aromatic heterocycles. The summed E-state index contributed by atoms with van der Waals surface area (Å²) in [6, 6.07) is 0.935. The second-order valence-corrected chi connectivity index (χ2v) is 6.25. The van der Waals surface area contributed by atoms with Crippen molar-refractivity contribution in [3.63, 3.8) is 0 Å². The second-order valence-electron chi connectivity index (χ2n) is 6.25. The predicted molar refractivity (Wildman–Crippen MR) is 78.9 cm³/mol. The van der Waals surface area contributed by atoms with Crippen molar-refractivity contribution < 1.29 is 0 Å². The molecule has 1 N–H and O–H groups in total. The van der Waals surface area contributed by atoms with E-state index in [2.05, 4.69) is 17.1 Å². The highest BCUT2D eigenvalue weighted by Crippen LogP contribution is 2.34. The monoisotopic (exact) mass is 252 g/mol. The molecule has 0 bridgehead atoms. The van der Waals surface area contributed by atoms with Gasteiger partial charge in [-0.3, -0.25) is 4.90 Å². The summed E-state index contributed by atoms with van der Waals surface area (Å²) in [5.41, 5.74) is 0. The van der Waals surface area contributed by atoms with Gasteiger partial charge in [-0.1, -0.05) is 32.6 Å². The minimum atomic E-state index is 0.935. The van der Waals surface area contributed by atoms with Gasteiger partial charge in [0.15, 0.2) is 0 Å². The van der Waals surface area contributed by atoms with Crippen molar-refractivity contribution in [2.24, 2.45) is 5.92 Å². The largest absolute Gasteiger partial charge is 0.315 e. The van der Waals surface area contributed by atoms with Crippen molar-refractivity contribution in [3.05, 3.63) is 0 Å². The highest BCUT2D eigenvalue weighted by Gasteiger charge is 2.32. The van der Waals surface area contributed by atoms with Crippen LogP contribution in [0.2, 0.25) is 0 Å². The molecule has 2 nitrogen and oxygen atoms in total. The maximum Gasteiger partial charge on any atom is 0.0124 e. The first kappa shape index (κ1) is 14.3. The fraction of sp³-hybridized carbons (Fsp3) is 1.00. The lowest BCUT2D eigenvalue weighted by Gasteiger charge is -2.44.